The Labute approximate surface area is 172 Å². The van der Waals surface area contributed by atoms with Crippen LogP contribution in [0.1, 0.15) is 22.3 Å². The van der Waals surface area contributed by atoms with E-state index >= 15 is 0 Å². The molecule has 0 bridgehead atoms. The molecular formula is C22H20FNO4S. The van der Waals surface area contributed by atoms with Crippen molar-refractivity contribution in [3.05, 3.63) is 70.9 Å². The molecule has 7 heteroatoms. The summed E-state index contributed by atoms with van der Waals surface area (Å²) in [6.45, 7) is 0. The second-order valence-corrected chi connectivity index (χ2v) is 7.13. The van der Waals surface area contributed by atoms with Gasteiger partial charge in [0, 0.05) is 17.4 Å². The third kappa shape index (κ3) is 5.00. The molecule has 3 aromatic rings. The van der Waals surface area contributed by atoms with Crippen molar-refractivity contribution in [2.45, 2.75) is 12.8 Å². The Hall–Kier alpha value is -3.19. The molecule has 150 valence electrons. The van der Waals surface area contributed by atoms with Crippen LogP contribution < -0.4 is 10.1 Å². The number of thiophene rings is 1. The Morgan fingerprint density at radius 2 is 1.72 bits per heavy atom. The van der Waals surface area contributed by atoms with Crippen LogP contribution in [0.2, 0.25) is 0 Å². The van der Waals surface area contributed by atoms with Crippen molar-refractivity contribution in [1.29, 1.82) is 0 Å². The number of aryl methyl sites for hydroxylation is 1. The van der Waals surface area contributed by atoms with Crippen LogP contribution in [0.15, 0.2) is 53.9 Å². The zero-order chi connectivity index (χ0) is 20.8. The molecule has 0 atom stereocenters. The number of carbonyl (C=O) groups is 2. The minimum absolute atomic E-state index is 0.210. The summed E-state index contributed by atoms with van der Waals surface area (Å²) in [7, 11) is 2.88. The number of methoxy groups -OCH3 is 2. The fraction of sp³-hybridized carbons (Fsp3) is 0.182. The molecule has 0 unspecified atom stereocenters. The highest BCUT2D eigenvalue weighted by atomic mass is 32.1. The van der Waals surface area contributed by atoms with Crippen LogP contribution in [0.25, 0.3) is 11.1 Å². The lowest BCUT2D eigenvalue weighted by atomic mass is 10.0. The number of benzene rings is 2. The lowest BCUT2D eigenvalue weighted by Crippen LogP contribution is -2.14. The van der Waals surface area contributed by atoms with Crippen molar-refractivity contribution in [2.24, 2.45) is 0 Å². The van der Waals surface area contributed by atoms with Crippen molar-refractivity contribution >= 4 is 28.2 Å². The number of anilines is 1. The molecule has 3 rings (SSSR count). The number of carbonyl (C=O) groups excluding carboxylic acids is 2. The largest absolute Gasteiger partial charge is 0.497 e. The monoisotopic (exact) mass is 413 g/mol. The molecule has 1 aromatic heterocycles. The highest BCUT2D eigenvalue weighted by Crippen LogP contribution is 2.36. The van der Waals surface area contributed by atoms with Crippen molar-refractivity contribution in [1.82, 2.24) is 0 Å². The van der Waals surface area contributed by atoms with Crippen LogP contribution in [-0.4, -0.2) is 26.1 Å². The standard InChI is InChI=1S/C22H20FNO4S/c1-27-17-10-3-14(4-11-17)5-12-19(25)24-21-20(22(26)28-2)18(13-29-21)15-6-8-16(23)9-7-15/h3-4,6-11,13H,5,12H2,1-2H3,(H,24,25). The second-order valence-electron chi connectivity index (χ2n) is 6.25. The topological polar surface area (TPSA) is 64.6 Å². The minimum Gasteiger partial charge on any atom is -0.497 e. The van der Waals surface area contributed by atoms with Crippen LogP contribution in [0.5, 0.6) is 5.75 Å². The van der Waals surface area contributed by atoms with E-state index in [1.54, 1.807) is 24.6 Å². The summed E-state index contributed by atoms with van der Waals surface area (Å²) in [4.78, 5) is 24.8. The molecule has 1 N–H and O–H groups in total. The summed E-state index contributed by atoms with van der Waals surface area (Å²) in [6, 6.07) is 13.3. The lowest BCUT2D eigenvalue weighted by Gasteiger charge is -2.08. The average molecular weight is 413 g/mol. The number of hydrogen-bond donors (Lipinski definition) is 1. The fourth-order valence-corrected chi connectivity index (χ4v) is 3.81. The second kappa shape index (κ2) is 9.34. The highest BCUT2D eigenvalue weighted by Gasteiger charge is 2.22. The van der Waals surface area contributed by atoms with Gasteiger partial charge < -0.3 is 14.8 Å². The Morgan fingerprint density at radius 3 is 2.34 bits per heavy atom. The van der Waals surface area contributed by atoms with E-state index in [1.165, 1.54) is 30.6 Å². The van der Waals surface area contributed by atoms with Gasteiger partial charge >= 0.3 is 5.97 Å². The van der Waals surface area contributed by atoms with E-state index < -0.39 is 5.97 Å². The molecule has 29 heavy (non-hydrogen) atoms. The van der Waals surface area contributed by atoms with E-state index in [9.17, 15) is 14.0 Å². The van der Waals surface area contributed by atoms with E-state index in [-0.39, 0.29) is 23.7 Å². The number of amides is 1. The maximum absolute atomic E-state index is 13.2. The van der Waals surface area contributed by atoms with Gasteiger partial charge in [0.1, 0.15) is 22.1 Å². The SMILES string of the molecule is COC(=O)c1c(-c2ccc(F)cc2)csc1NC(=O)CCc1ccc(OC)cc1. The molecule has 0 aliphatic heterocycles. The third-order valence-corrected chi connectivity index (χ3v) is 5.28. The molecular weight excluding hydrogens is 393 g/mol. The first-order chi connectivity index (χ1) is 14.0. The smallest absolute Gasteiger partial charge is 0.341 e. The quantitative estimate of drug-likeness (QED) is 0.559. The first-order valence-electron chi connectivity index (χ1n) is 8.90. The fourth-order valence-electron chi connectivity index (χ4n) is 2.84. The van der Waals surface area contributed by atoms with Crippen LogP contribution in [0.4, 0.5) is 9.39 Å². The Kier molecular flexibility index (Phi) is 6.61. The zero-order valence-electron chi connectivity index (χ0n) is 16.0. The predicted octanol–water partition coefficient (Wildman–Crippen LogP) is 4.92. The number of esters is 1. The third-order valence-electron chi connectivity index (χ3n) is 4.39. The molecule has 0 aliphatic rings. The van der Waals surface area contributed by atoms with E-state index in [4.69, 9.17) is 9.47 Å². The van der Waals surface area contributed by atoms with Gasteiger partial charge in [-0.1, -0.05) is 24.3 Å². The van der Waals surface area contributed by atoms with Gasteiger partial charge in [0.2, 0.25) is 5.91 Å². The molecule has 0 saturated carbocycles. The number of rotatable bonds is 7. The van der Waals surface area contributed by atoms with Crippen molar-refractivity contribution in [3.63, 3.8) is 0 Å². The maximum atomic E-state index is 13.2. The van der Waals surface area contributed by atoms with Crippen molar-refractivity contribution in [3.8, 4) is 16.9 Å². The summed E-state index contributed by atoms with van der Waals surface area (Å²) in [6.07, 6.45) is 0.816. The zero-order valence-corrected chi connectivity index (χ0v) is 16.8. The van der Waals surface area contributed by atoms with E-state index in [1.807, 2.05) is 24.3 Å². The first-order valence-corrected chi connectivity index (χ1v) is 9.78. The van der Waals surface area contributed by atoms with Gasteiger partial charge in [-0.05, 0) is 41.8 Å². The lowest BCUT2D eigenvalue weighted by molar-refractivity contribution is -0.116. The van der Waals surface area contributed by atoms with Gasteiger partial charge in [-0.15, -0.1) is 11.3 Å². The summed E-state index contributed by atoms with van der Waals surface area (Å²) in [5, 5.41) is 4.96. The molecule has 0 saturated heterocycles. The number of nitrogens with one attached hydrogen (secondary N) is 1. The maximum Gasteiger partial charge on any atom is 0.341 e. The molecule has 0 fully saturated rings. The average Bonchev–Trinajstić information content (AvgIpc) is 3.16. The van der Waals surface area contributed by atoms with Crippen molar-refractivity contribution < 1.29 is 23.5 Å². The molecule has 2 aromatic carbocycles. The number of hydrogen-bond acceptors (Lipinski definition) is 5. The Bertz CT molecular complexity index is 997. The minimum atomic E-state index is -0.559. The Morgan fingerprint density at radius 1 is 1.03 bits per heavy atom. The van der Waals surface area contributed by atoms with Crippen LogP contribution in [0, 0.1) is 5.82 Å². The van der Waals surface area contributed by atoms with Crippen LogP contribution >= 0.6 is 11.3 Å². The van der Waals surface area contributed by atoms with Gasteiger partial charge in [-0.3, -0.25) is 4.79 Å². The van der Waals surface area contributed by atoms with E-state index in [0.717, 1.165) is 11.3 Å². The Balaban J connectivity index is 1.74. The summed E-state index contributed by atoms with van der Waals surface area (Å²) >= 11 is 1.23. The summed E-state index contributed by atoms with van der Waals surface area (Å²) in [5.74, 6) is -0.377. The first kappa shape index (κ1) is 20.5. The summed E-state index contributed by atoms with van der Waals surface area (Å²) in [5.41, 5.74) is 2.53. The van der Waals surface area contributed by atoms with Gasteiger partial charge in [0.15, 0.2) is 0 Å². The van der Waals surface area contributed by atoms with Gasteiger partial charge in [-0.25, -0.2) is 9.18 Å². The molecule has 0 radical (unpaired) electrons. The molecule has 0 spiro atoms. The predicted molar refractivity (Wildman–Crippen MR) is 111 cm³/mol. The van der Waals surface area contributed by atoms with Gasteiger partial charge in [0.05, 0.1) is 14.2 Å². The number of ether oxygens (including phenoxy) is 2. The molecule has 1 heterocycles. The van der Waals surface area contributed by atoms with Crippen LogP contribution in [0.3, 0.4) is 0 Å². The normalized spacial score (nSPS) is 10.4. The van der Waals surface area contributed by atoms with Gasteiger partial charge in [0.25, 0.3) is 0 Å². The van der Waals surface area contributed by atoms with Gasteiger partial charge in [-0.2, -0.15) is 0 Å². The number of halogens is 1. The highest BCUT2D eigenvalue weighted by molar-refractivity contribution is 7.15. The van der Waals surface area contributed by atoms with E-state index in [2.05, 4.69) is 5.32 Å². The molecule has 1 amide bonds. The van der Waals surface area contributed by atoms with E-state index in [0.29, 0.717) is 22.5 Å². The van der Waals surface area contributed by atoms with Crippen molar-refractivity contribution in [2.75, 3.05) is 19.5 Å². The molecule has 0 aliphatic carbocycles. The molecule has 5 nitrogen and oxygen atoms in total. The summed E-state index contributed by atoms with van der Waals surface area (Å²) < 4.78 is 23.2. The van der Waals surface area contributed by atoms with Crippen LogP contribution in [-0.2, 0) is 16.0 Å².